The van der Waals surface area contributed by atoms with Gasteiger partial charge in [-0.25, -0.2) is 4.79 Å². The summed E-state index contributed by atoms with van der Waals surface area (Å²) in [5, 5.41) is 3.06. The van der Waals surface area contributed by atoms with Crippen molar-refractivity contribution in [3.8, 4) is 0 Å². The summed E-state index contributed by atoms with van der Waals surface area (Å²) < 4.78 is 10.9. The van der Waals surface area contributed by atoms with E-state index in [4.69, 9.17) is 8.83 Å². The fourth-order valence-electron chi connectivity index (χ4n) is 3.16. The van der Waals surface area contributed by atoms with Crippen LogP contribution in [0.4, 0.5) is 4.79 Å². The van der Waals surface area contributed by atoms with E-state index in [2.05, 4.69) is 10.2 Å². The quantitative estimate of drug-likeness (QED) is 0.846. The number of hydrogen-bond acceptors (Lipinski definition) is 4. The molecule has 6 nitrogen and oxygen atoms in total. The first kappa shape index (κ1) is 16.6. The molecule has 0 saturated carbocycles. The maximum Gasteiger partial charge on any atom is 0.317 e. The summed E-state index contributed by atoms with van der Waals surface area (Å²) in [6.45, 7) is 5.70. The highest BCUT2D eigenvalue weighted by atomic mass is 16.3. The Morgan fingerprint density at radius 2 is 2.00 bits per heavy atom. The maximum atomic E-state index is 12.5. The van der Waals surface area contributed by atoms with Crippen molar-refractivity contribution in [3.63, 3.8) is 0 Å². The summed E-state index contributed by atoms with van der Waals surface area (Å²) in [5.74, 6) is 1.69. The van der Waals surface area contributed by atoms with E-state index in [0.29, 0.717) is 19.6 Å². The minimum absolute atomic E-state index is 0.0790. The second-order valence-corrected chi connectivity index (χ2v) is 6.05. The third-order valence-corrected chi connectivity index (χ3v) is 4.50. The van der Waals surface area contributed by atoms with Gasteiger partial charge in [0.25, 0.3) is 0 Å². The predicted molar refractivity (Wildman–Crippen MR) is 90.4 cm³/mol. The minimum Gasteiger partial charge on any atom is -0.468 e. The van der Waals surface area contributed by atoms with Crippen LogP contribution in [0.2, 0.25) is 0 Å². The van der Waals surface area contributed by atoms with E-state index in [1.54, 1.807) is 17.4 Å². The van der Waals surface area contributed by atoms with Crippen LogP contribution in [-0.2, 0) is 6.54 Å². The van der Waals surface area contributed by atoms with Crippen LogP contribution in [0.3, 0.4) is 0 Å². The van der Waals surface area contributed by atoms with Crippen LogP contribution >= 0.6 is 0 Å². The summed E-state index contributed by atoms with van der Waals surface area (Å²) in [4.78, 5) is 16.6. The van der Waals surface area contributed by atoms with Gasteiger partial charge in [0.15, 0.2) is 0 Å². The fourth-order valence-corrected chi connectivity index (χ4v) is 3.16. The van der Waals surface area contributed by atoms with Gasteiger partial charge in [0.2, 0.25) is 0 Å². The lowest BCUT2D eigenvalue weighted by Crippen LogP contribution is -2.43. The van der Waals surface area contributed by atoms with E-state index < -0.39 is 0 Å². The number of nitrogens with one attached hydrogen (secondary N) is 1. The highest BCUT2D eigenvalue weighted by molar-refractivity contribution is 5.74. The van der Waals surface area contributed by atoms with Crippen LogP contribution < -0.4 is 5.32 Å². The number of hydrogen-bond donors (Lipinski definition) is 1. The molecular formula is C18H25N3O3. The zero-order valence-corrected chi connectivity index (χ0v) is 14.1. The van der Waals surface area contributed by atoms with Gasteiger partial charge in [0, 0.05) is 13.1 Å². The molecule has 1 atom stereocenters. The average molecular weight is 331 g/mol. The first-order valence-electron chi connectivity index (χ1n) is 8.60. The molecule has 0 aliphatic carbocycles. The molecule has 2 amide bonds. The number of urea groups is 1. The molecule has 0 bridgehead atoms. The van der Waals surface area contributed by atoms with Crippen molar-refractivity contribution in [1.29, 1.82) is 0 Å². The summed E-state index contributed by atoms with van der Waals surface area (Å²) in [5.41, 5.74) is 0. The van der Waals surface area contributed by atoms with Gasteiger partial charge in [-0.2, -0.15) is 0 Å². The van der Waals surface area contributed by atoms with Crippen LogP contribution in [0, 0.1) is 0 Å². The molecule has 6 heteroatoms. The Morgan fingerprint density at radius 1 is 1.25 bits per heavy atom. The highest BCUT2D eigenvalue weighted by Crippen LogP contribution is 2.24. The van der Waals surface area contributed by atoms with Crippen molar-refractivity contribution < 1.29 is 13.6 Å². The Labute approximate surface area is 142 Å². The zero-order valence-electron chi connectivity index (χ0n) is 14.1. The van der Waals surface area contributed by atoms with Gasteiger partial charge in [-0.3, -0.25) is 4.90 Å². The van der Waals surface area contributed by atoms with Crippen LogP contribution in [0.1, 0.15) is 37.3 Å². The van der Waals surface area contributed by atoms with E-state index in [0.717, 1.165) is 24.6 Å². The molecule has 3 heterocycles. The molecule has 0 spiro atoms. The molecule has 0 unspecified atom stereocenters. The molecule has 24 heavy (non-hydrogen) atoms. The standard InChI is InChI=1S/C18H25N3O3/c1-2-20(14-15-7-5-11-23-15)18(22)19-13-16(17-8-6-12-24-17)21-9-3-4-10-21/h5-8,11-12,16H,2-4,9-10,13-14H2,1H3,(H,19,22)/t16-/m0/s1. The number of nitrogens with zero attached hydrogens (tertiary/aromatic N) is 2. The number of furan rings is 2. The molecule has 3 rings (SSSR count). The molecule has 2 aromatic rings. The molecule has 0 aromatic carbocycles. The zero-order chi connectivity index (χ0) is 16.8. The lowest BCUT2D eigenvalue weighted by atomic mass is 10.2. The van der Waals surface area contributed by atoms with Gasteiger partial charge in [-0.1, -0.05) is 0 Å². The second-order valence-electron chi connectivity index (χ2n) is 6.05. The molecular weight excluding hydrogens is 306 g/mol. The van der Waals surface area contributed by atoms with Crippen LogP contribution in [-0.4, -0.2) is 42.0 Å². The van der Waals surface area contributed by atoms with Crippen molar-refractivity contribution in [3.05, 3.63) is 48.3 Å². The minimum atomic E-state index is -0.0790. The lowest BCUT2D eigenvalue weighted by Gasteiger charge is -2.27. The van der Waals surface area contributed by atoms with Crippen molar-refractivity contribution in [2.75, 3.05) is 26.2 Å². The van der Waals surface area contributed by atoms with Crippen molar-refractivity contribution in [2.24, 2.45) is 0 Å². The van der Waals surface area contributed by atoms with Crippen molar-refractivity contribution in [2.45, 2.75) is 32.4 Å². The lowest BCUT2D eigenvalue weighted by molar-refractivity contribution is 0.178. The Morgan fingerprint density at radius 3 is 2.62 bits per heavy atom. The van der Waals surface area contributed by atoms with E-state index in [9.17, 15) is 4.79 Å². The Bertz CT molecular complexity index is 604. The molecule has 1 aliphatic rings. The van der Waals surface area contributed by atoms with Crippen LogP contribution in [0.15, 0.2) is 45.6 Å². The maximum absolute atomic E-state index is 12.5. The average Bonchev–Trinajstić information content (AvgIpc) is 3.34. The van der Waals surface area contributed by atoms with Crippen LogP contribution in [0.5, 0.6) is 0 Å². The second kappa shape index (κ2) is 8.06. The first-order chi connectivity index (χ1) is 11.8. The van der Waals surface area contributed by atoms with Gasteiger partial charge in [-0.15, -0.1) is 0 Å². The summed E-state index contributed by atoms with van der Waals surface area (Å²) in [6, 6.07) is 7.61. The van der Waals surface area contributed by atoms with Crippen LogP contribution in [0.25, 0.3) is 0 Å². The fraction of sp³-hybridized carbons (Fsp3) is 0.500. The number of rotatable bonds is 7. The normalized spacial score (nSPS) is 16.2. The van der Waals surface area contributed by atoms with Gasteiger partial charge >= 0.3 is 6.03 Å². The topological polar surface area (TPSA) is 61.9 Å². The summed E-state index contributed by atoms with van der Waals surface area (Å²) in [6.07, 6.45) is 5.71. The number of likely N-dealkylation sites (tertiary alicyclic amines) is 1. The van der Waals surface area contributed by atoms with E-state index in [1.807, 2.05) is 31.2 Å². The molecule has 1 fully saturated rings. The van der Waals surface area contributed by atoms with Gasteiger partial charge < -0.3 is 19.1 Å². The van der Waals surface area contributed by atoms with E-state index in [1.165, 1.54) is 12.8 Å². The monoisotopic (exact) mass is 331 g/mol. The third-order valence-electron chi connectivity index (χ3n) is 4.50. The SMILES string of the molecule is CCN(Cc1ccco1)C(=O)NC[C@@H](c1ccco1)N1CCCC1. The van der Waals surface area contributed by atoms with Crippen molar-refractivity contribution in [1.82, 2.24) is 15.1 Å². The predicted octanol–water partition coefficient (Wildman–Crippen LogP) is 3.24. The first-order valence-corrected chi connectivity index (χ1v) is 8.60. The number of carbonyl (C=O) groups excluding carboxylic acids is 1. The molecule has 2 aromatic heterocycles. The molecule has 1 aliphatic heterocycles. The number of amides is 2. The van der Waals surface area contributed by atoms with Gasteiger partial charge in [0.05, 0.1) is 25.1 Å². The smallest absolute Gasteiger partial charge is 0.317 e. The Balaban J connectivity index is 1.59. The van der Waals surface area contributed by atoms with E-state index in [-0.39, 0.29) is 12.1 Å². The van der Waals surface area contributed by atoms with Gasteiger partial charge in [-0.05, 0) is 57.1 Å². The largest absolute Gasteiger partial charge is 0.468 e. The summed E-state index contributed by atoms with van der Waals surface area (Å²) >= 11 is 0. The Kier molecular flexibility index (Phi) is 5.59. The molecule has 1 saturated heterocycles. The summed E-state index contributed by atoms with van der Waals surface area (Å²) in [7, 11) is 0. The van der Waals surface area contributed by atoms with Gasteiger partial charge in [0.1, 0.15) is 11.5 Å². The highest BCUT2D eigenvalue weighted by Gasteiger charge is 2.26. The molecule has 1 N–H and O–H groups in total. The number of carbonyl (C=O) groups is 1. The molecule has 0 radical (unpaired) electrons. The van der Waals surface area contributed by atoms with E-state index >= 15 is 0 Å². The Hall–Kier alpha value is -2.21. The third kappa shape index (κ3) is 4.00. The van der Waals surface area contributed by atoms with Crippen molar-refractivity contribution >= 4 is 6.03 Å². The molecule has 130 valence electrons.